The summed E-state index contributed by atoms with van der Waals surface area (Å²) in [7, 11) is 1.74. The Bertz CT molecular complexity index is 200. The number of nitrogens with zero attached hydrogens (tertiary/aromatic N) is 1. The number of likely N-dealkylation sites (N-methyl/N-ethyl adjacent to an activating group) is 1. The van der Waals surface area contributed by atoms with Crippen LogP contribution >= 0.6 is 0 Å². The summed E-state index contributed by atoms with van der Waals surface area (Å²) < 4.78 is 36.0. The minimum absolute atomic E-state index is 0.0931. The zero-order valence-corrected chi connectivity index (χ0v) is 10.5. The average molecular weight is 252 g/mol. The van der Waals surface area contributed by atoms with Gasteiger partial charge < -0.3 is 10.2 Å². The van der Waals surface area contributed by atoms with Crippen LogP contribution in [0.15, 0.2) is 0 Å². The van der Waals surface area contributed by atoms with Gasteiger partial charge in [0.1, 0.15) is 0 Å². The first kappa shape index (κ1) is 14.8. The summed E-state index contributed by atoms with van der Waals surface area (Å²) in [6.07, 6.45) is 1.56. The lowest BCUT2D eigenvalue weighted by molar-refractivity contribution is -0.137. The van der Waals surface area contributed by atoms with Gasteiger partial charge in [0, 0.05) is 25.7 Å². The Labute approximate surface area is 102 Å². The molecule has 0 unspecified atom stereocenters. The van der Waals surface area contributed by atoms with Crippen LogP contribution in [0.5, 0.6) is 0 Å². The van der Waals surface area contributed by atoms with Crippen molar-refractivity contribution in [2.45, 2.75) is 50.7 Å². The van der Waals surface area contributed by atoms with E-state index in [1.807, 2.05) is 0 Å². The molecule has 1 aliphatic carbocycles. The highest BCUT2D eigenvalue weighted by molar-refractivity contribution is 4.72. The van der Waals surface area contributed by atoms with Crippen molar-refractivity contribution < 1.29 is 13.2 Å². The lowest BCUT2D eigenvalue weighted by Gasteiger charge is -2.24. The van der Waals surface area contributed by atoms with Crippen molar-refractivity contribution in [1.82, 2.24) is 10.2 Å². The van der Waals surface area contributed by atoms with Crippen LogP contribution in [-0.2, 0) is 0 Å². The van der Waals surface area contributed by atoms with E-state index in [0.29, 0.717) is 12.6 Å². The third-order valence-electron chi connectivity index (χ3n) is 3.31. The Balaban J connectivity index is 2.01. The van der Waals surface area contributed by atoms with Gasteiger partial charge in [0.25, 0.3) is 0 Å². The molecular weight excluding hydrogens is 229 g/mol. The SMILES string of the molecule is CN(CCNC1CCCCC1)CCC(F)(F)F. The number of alkyl halides is 3. The molecule has 0 radical (unpaired) electrons. The van der Waals surface area contributed by atoms with Crippen molar-refractivity contribution >= 4 is 0 Å². The molecule has 0 aromatic rings. The fourth-order valence-electron chi connectivity index (χ4n) is 2.20. The van der Waals surface area contributed by atoms with Gasteiger partial charge >= 0.3 is 6.18 Å². The fraction of sp³-hybridized carbons (Fsp3) is 1.00. The van der Waals surface area contributed by atoms with E-state index in [0.717, 1.165) is 6.54 Å². The van der Waals surface area contributed by atoms with Gasteiger partial charge in [0.15, 0.2) is 0 Å². The first-order chi connectivity index (χ1) is 7.97. The van der Waals surface area contributed by atoms with Gasteiger partial charge in [-0.2, -0.15) is 13.2 Å². The predicted octanol–water partition coefficient (Wildman–Crippen LogP) is 2.79. The van der Waals surface area contributed by atoms with Crippen molar-refractivity contribution in [1.29, 1.82) is 0 Å². The number of halogens is 3. The number of hydrogen-bond donors (Lipinski definition) is 1. The molecule has 0 spiro atoms. The normalized spacial score (nSPS) is 18.9. The summed E-state index contributed by atoms with van der Waals surface area (Å²) in [4.78, 5) is 1.74. The fourth-order valence-corrected chi connectivity index (χ4v) is 2.20. The molecule has 0 bridgehead atoms. The molecule has 102 valence electrons. The molecular formula is C12H23F3N2. The molecule has 1 N–H and O–H groups in total. The molecule has 1 fully saturated rings. The van der Waals surface area contributed by atoms with Crippen LogP contribution in [0.3, 0.4) is 0 Å². The maximum atomic E-state index is 12.0. The second-order valence-corrected chi connectivity index (χ2v) is 4.96. The van der Waals surface area contributed by atoms with Crippen LogP contribution in [0.4, 0.5) is 13.2 Å². The van der Waals surface area contributed by atoms with Crippen molar-refractivity contribution in [3.8, 4) is 0 Å². The Morgan fingerprint density at radius 1 is 1.12 bits per heavy atom. The van der Waals surface area contributed by atoms with E-state index < -0.39 is 12.6 Å². The quantitative estimate of drug-likeness (QED) is 0.782. The summed E-state index contributed by atoms with van der Waals surface area (Å²) in [5, 5.41) is 3.43. The van der Waals surface area contributed by atoms with Crippen molar-refractivity contribution in [3.63, 3.8) is 0 Å². The molecule has 0 aliphatic heterocycles. The molecule has 5 heteroatoms. The van der Waals surface area contributed by atoms with E-state index in [2.05, 4.69) is 5.32 Å². The summed E-state index contributed by atoms with van der Waals surface area (Å²) in [5.74, 6) is 0. The Hall–Kier alpha value is -0.290. The van der Waals surface area contributed by atoms with Crippen molar-refractivity contribution in [2.75, 3.05) is 26.7 Å². The Morgan fingerprint density at radius 3 is 2.35 bits per heavy atom. The van der Waals surface area contributed by atoms with Gasteiger partial charge in [-0.15, -0.1) is 0 Å². The molecule has 1 saturated carbocycles. The van der Waals surface area contributed by atoms with Crippen LogP contribution in [0, 0.1) is 0 Å². The molecule has 1 rings (SSSR count). The number of rotatable bonds is 6. The van der Waals surface area contributed by atoms with E-state index in [4.69, 9.17) is 0 Å². The molecule has 0 aromatic heterocycles. The molecule has 17 heavy (non-hydrogen) atoms. The third kappa shape index (κ3) is 7.60. The summed E-state index contributed by atoms with van der Waals surface area (Å²) >= 11 is 0. The van der Waals surface area contributed by atoms with E-state index in [9.17, 15) is 13.2 Å². The standard InChI is InChI=1S/C12H23F3N2/c1-17(9-7-12(13,14)15)10-8-16-11-5-3-2-4-6-11/h11,16H,2-10H2,1H3. The number of hydrogen-bond acceptors (Lipinski definition) is 2. The topological polar surface area (TPSA) is 15.3 Å². The van der Waals surface area contributed by atoms with Crippen LogP contribution in [0.1, 0.15) is 38.5 Å². The highest BCUT2D eigenvalue weighted by Crippen LogP contribution is 2.19. The van der Waals surface area contributed by atoms with Gasteiger partial charge in [0.2, 0.25) is 0 Å². The summed E-state index contributed by atoms with van der Waals surface area (Å²) in [5.41, 5.74) is 0. The lowest BCUT2D eigenvalue weighted by Crippen LogP contribution is -2.37. The Morgan fingerprint density at radius 2 is 1.76 bits per heavy atom. The highest BCUT2D eigenvalue weighted by atomic mass is 19.4. The Kier molecular flexibility index (Phi) is 6.27. The molecule has 0 aromatic carbocycles. The van der Waals surface area contributed by atoms with E-state index in [1.54, 1.807) is 11.9 Å². The first-order valence-corrected chi connectivity index (χ1v) is 6.46. The minimum Gasteiger partial charge on any atom is -0.313 e. The lowest BCUT2D eigenvalue weighted by atomic mass is 9.95. The minimum atomic E-state index is -4.04. The zero-order chi connectivity index (χ0) is 12.7. The van der Waals surface area contributed by atoms with Gasteiger partial charge in [0.05, 0.1) is 6.42 Å². The van der Waals surface area contributed by atoms with Gasteiger partial charge in [-0.3, -0.25) is 0 Å². The molecule has 1 aliphatic rings. The first-order valence-electron chi connectivity index (χ1n) is 6.46. The second kappa shape index (κ2) is 7.21. The van der Waals surface area contributed by atoms with Crippen LogP contribution in [0.25, 0.3) is 0 Å². The molecule has 0 atom stereocenters. The molecule has 0 heterocycles. The predicted molar refractivity (Wildman–Crippen MR) is 63.0 cm³/mol. The van der Waals surface area contributed by atoms with E-state index in [1.165, 1.54) is 32.1 Å². The highest BCUT2D eigenvalue weighted by Gasteiger charge is 2.26. The van der Waals surface area contributed by atoms with Gasteiger partial charge in [-0.05, 0) is 19.9 Å². The van der Waals surface area contributed by atoms with E-state index in [-0.39, 0.29) is 6.54 Å². The van der Waals surface area contributed by atoms with Crippen LogP contribution in [-0.4, -0.2) is 43.8 Å². The molecule has 0 saturated heterocycles. The zero-order valence-electron chi connectivity index (χ0n) is 10.5. The maximum absolute atomic E-state index is 12.0. The summed E-state index contributed by atoms with van der Waals surface area (Å²) in [6, 6.07) is 0.583. The summed E-state index contributed by atoms with van der Waals surface area (Å²) in [6.45, 7) is 1.57. The van der Waals surface area contributed by atoms with Gasteiger partial charge in [-0.1, -0.05) is 19.3 Å². The maximum Gasteiger partial charge on any atom is 0.390 e. The van der Waals surface area contributed by atoms with Crippen LogP contribution < -0.4 is 5.32 Å². The average Bonchev–Trinajstić information content (AvgIpc) is 2.27. The van der Waals surface area contributed by atoms with Crippen molar-refractivity contribution in [3.05, 3.63) is 0 Å². The smallest absolute Gasteiger partial charge is 0.313 e. The molecule has 2 nitrogen and oxygen atoms in total. The van der Waals surface area contributed by atoms with Crippen LogP contribution in [0.2, 0.25) is 0 Å². The number of nitrogens with one attached hydrogen (secondary N) is 1. The molecule has 0 amide bonds. The van der Waals surface area contributed by atoms with E-state index >= 15 is 0 Å². The van der Waals surface area contributed by atoms with Gasteiger partial charge in [-0.25, -0.2) is 0 Å². The monoisotopic (exact) mass is 252 g/mol. The third-order valence-corrected chi connectivity index (χ3v) is 3.31. The largest absolute Gasteiger partial charge is 0.390 e. The van der Waals surface area contributed by atoms with Crippen molar-refractivity contribution in [2.24, 2.45) is 0 Å². The second-order valence-electron chi connectivity index (χ2n) is 4.96.